The Morgan fingerprint density at radius 1 is 1.00 bits per heavy atom. The Hall–Kier alpha value is -3.98. The molecule has 5 rings (SSSR count). The van der Waals surface area contributed by atoms with E-state index in [1.807, 2.05) is 36.4 Å². The normalized spacial score (nSPS) is 17.9. The van der Waals surface area contributed by atoms with Crippen LogP contribution >= 0.6 is 0 Å². The minimum Gasteiger partial charge on any atom is -0.366 e. The van der Waals surface area contributed by atoms with Crippen molar-refractivity contribution in [2.24, 2.45) is 5.73 Å². The van der Waals surface area contributed by atoms with Gasteiger partial charge in [-0.1, -0.05) is 30.3 Å². The molecule has 1 aliphatic carbocycles. The Morgan fingerprint density at radius 3 is 2.50 bits per heavy atom. The van der Waals surface area contributed by atoms with Crippen molar-refractivity contribution in [3.63, 3.8) is 0 Å². The highest BCUT2D eigenvalue weighted by Gasteiger charge is 2.21. The number of hydrogen-bond donors (Lipinski definition) is 4. The van der Waals surface area contributed by atoms with Crippen LogP contribution in [0.5, 0.6) is 0 Å². The minimum absolute atomic E-state index is 0.0953. The first-order valence-corrected chi connectivity index (χ1v) is 11.4. The average Bonchev–Trinajstić information content (AvgIpc) is 3.27. The van der Waals surface area contributed by atoms with Gasteiger partial charge in [-0.05, 0) is 49.9 Å². The molecule has 0 unspecified atom stereocenters. The van der Waals surface area contributed by atoms with Gasteiger partial charge >= 0.3 is 0 Å². The van der Waals surface area contributed by atoms with E-state index in [0.717, 1.165) is 31.4 Å². The Morgan fingerprint density at radius 2 is 1.74 bits per heavy atom. The van der Waals surface area contributed by atoms with Gasteiger partial charge in [0.15, 0.2) is 11.3 Å². The molecule has 34 heavy (non-hydrogen) atoms. The molecule has 2 aromatic carbocycles. The van der Waals surface area contributed by atoms with E-state index in [9.17, 15) is 9.18 Å². The summed E-state index contributed by atoms with van der Waals surface area (Å²) in [6.45, 7) is 0. The van der Waals surface area contributed by atoms with Crippen molar-refractivity contribution in [2.75, 3.05) is 16.0 Å². The number of carbonyl (C=O) groups excluding carboxylic acids is 1. The molecular weight excluding hydrogens is 433 g/mol. The highest BCUT2D eigenvalue weighted by atomic mass is 19.1. The molecule has 0 aliphatic heterocycles. The predicted molar refractivity (Wildman–Crippen MR) is 131 cm³/mol. The van der Waals surface area contributed by atoms with Gasteiger partial charge in [0.2, 0.25) is 0 Å². The van der Waals surface area contributed by atoms with Gasteiger partial charge in [-0.25, -0.2) is 13.9 Å². The molecule has 0 bridgehead atoms. The Balaban J connectivity index is 1.50. The topological polar surface area (TPSA) is 109 Å². The molecule has 174 valence electrons. The molecular formula is C25H26FN7O. The van der Waals surface area contributed by atoms with Crippen LogP contribution in [0.4, 0.5) is 27.3 Å². The lowest BCUT2D eigenvalue weighted by Crippen LogP contribution is -2.33. The standard InChI is InChI=1S/C25H26FN7O/c26-19-8-4-5-9-20(19)31-25(34)22-15-28-24-21(29-17-6-2-1-3-7-17)14-23(32-33(22)24)30-18-12-10-16(27)11-13-18/h1-9,14-16,18,29H,10-13,27H2,(H,30,32)(H,31,34). The number of fused-ring (bicyclic) bond motifs is 1. The number of benzene rings is 2. The lowest BCUT2D eigenvalue weighted by Gasteiger charge is -2.27. The Labute approximate surface area is 196 Å². The van der Waals surface area contributed by atoms with E-state index < -0.39 is 11.7 Å². The second kappa shape index (κ2) is 9.48. The average molecular weight is 460 g/mol. The Bertz CT molecular complexity index is 1300. The number of nitrogens with two attached hydrogens (primary N) is 1. The van der Waals surface area contributed by atoms with Crippen molar-refractivity contribution in [3.8, 4) is 0 Å². The number of imidazole rings is 1. The molecule has 1 aliphatic rings. The monoisotopic (exact) mass is 459 g/mol. The number of nitrogens with one attached hydrogen (secondary N) is 3. The third-order valence-corrected chi connectivity index (χ3v) is 6.00. The molecule has 0 saturated heterocycles. The van der Waals surface area contributed by atoms with E-state index in [1.165, 1.54) is 22.8 Å². The minimum atomic E-state index is -0.512. The lowest BCUT2D eigenvalue weighted by molar-refractivity contribution is 0.102. The van der Waals surface area contributed by atoms with E-state index in [4.69, 9.17) is 5.73 Å². The first-order valence-electron chi connectivity index (χ1n) is 11.4. The maximum absolute atomic E-state index is 14.1. The summed E-state index contributed by atoms with van der Waals surface area (Å²) in [7, 11) is 0. The van der Waals surface area contributed by atoms with Crippen LogP contribution in [0.3, 0.4) is 0 Å². The van der Waals surface area contributed by atoms with Crippen molar-refractivity contribution in [2.45, 2.75) is 37.8 Å². The second-order valence-corrected chi connectivity index (χ2v) is 8.50. The van der Waals surface area contributed by atoms with Crippen LogP contribution in [-0.2, 0) is 0 Å². The molecule has 1 saturated carbocycles. The van der Waals surface area contributed by atoms with Gasteiger partial charge < -0.3 is 21.7 Å². The fraction of sp³-hybridized carbons (Fsp3) is 0.240. The lowest BCUT2D eigenvalue weighted by atomic mass is 9.92. The predicted octanol–water partition coefficient (Wildman–Crippen LogP) is 4.55. The summed E-state index contributed by atoms with van der Waals surface area (Å²) in [6, 6.07) is 18.1. The fourth-order valence-electron chi connectivity index (χ4n) is 4.18. The van der Waals surface area contributed by atoms with Gasteiger partial charge in [0.25, 0.3) is 5.91 Å². The third kappa shape index (κ3) is 4.69. The number of aromatic nitrogens is 3. The number of halogens is 1. The molecule has 0 spiro atoms. The molecule has 8 nitrogen and oxygen atoms in total. The third-order valence-electron chi connectivity index (χ3n) is 6.00. The van der Waals surface area contributed by atoms with Crippen LogP contribution in [-0.4, -0.2) is 32.6 Å². The van der Waals surface area contributed by atoms with E-state index in [-0.39, 0.29) is 23.5 Å². The largest absolute Gasteiger partial charge is 0.366 e. The number of hydrogen-bond acceptors (Lipinski definition) is 6. The highest BCUT2D eigenvalue weighted by Crippen LogP contribution is 2.27. The second-order valence-electron chi connectivity index (χ2n) is 8.50. The van der Waals surface area contributed by atoms with Crippen LogP contribution in [0.25, 0.3) is 5.65 Å². The molecule has 9 heteroatoms. The maximum Gasteiger partial charge on any atom is 0.276 e. The number of anilines is 4. The number of amides is 1. The molecule has 1 amide bonds. The van der Waals surface area contributed by atoms with Crippen LogP contribution in [0, 0.1) is 5.82 Å². The molecule has 5 N–H and O–H groups in total. The van der Waals surface area contributed by atoms with Crippen molar-refractivity contribution < 1.29 is 9.18 Å². The molecule has 4 aromatic rings. The smallest absolute Gasteiger partial charge is 0.276 e. The van der Waals surface area contributed by atoms with Crippen LogP contribution in [0.2, 0.25) is 0 Å². The zero-order chi connectivity index (χ0) is 23.5. The van der Waals surface area contributed by atoms with Crippen molar-refractivity contribution in [1.29, 1.82) is 0 Å². The SMILES string of the molecule is NC1CCC(Nc2cc(Nc3ccccc3)c3ncc(C(=O)Nc4ccccc4F)n3n2)CC1. The van der Waals surface area contributed by atoms with Gasteiger partial charge in [0, 0.05) is 23.8 Å². The highest BCUT2D eigenvalue weighted by molar-refractivity contribution is 6.03. The fourth-order valence-corrected chi connectivity index (χ4v) is 4.18. The van der Waals surface area contributed by atoms with Crippen LogP contribution in [0.15, 0.2) is 66.9 Å². The molecule has 2 aromatic heterocycles. The number of nitrogens with zero attached hydrogens (tertiary/aromatic N) is 3. The first kappa shape index (κ1) is 21.8. The van der Waals surface area contributed by atoms with Crippen LogP contribution < -0.4 is 21.7 Å². The van der Waals surface area contributed by atoms with Gasteiger partial charge in [0.1, 0.15) is 11.6 Å². The maximum atomic E-state index is 14.1. The van der Waals surface area contributed by atoms with Crippen molar-refractivity contribution >= 4 is 34.4 Å². The number of carbonyl (C=O) groups is 1. The van der Waals surface area contributed by atoms with E-state index >= 15 is 0 Å². The van der Waals surface area contributed by atoms with E-state index in [2.05, 4.69) is 26.0 Å². The van der Waals surface area contributed by atoms with Gasteiger partial charge in [-0.15, -0.1) is 5.10 Å². The summed E-state index contributed by atoms with van der Waals surface area (Å²) >= 11 is 0. The van der Waals surface area contributed by atoms with Crippen molar-refractivity contribution in [3.05, 3.63) is 78.4 Å². The summed E-state index contributed by atoms with van der Waals surface area (Å²) in [5.74, 6) is -0.400. The van der Waals surface area contributed by atoms with Gasteiger partial charge in [-0.3, -0.25) is 4.79 Å². The Kier molecular flexibility index (Phi) is 6.09. The number of para-hydroxylation sites is 2. The summed E-state index contributed by atoms with van der Waals surface area (Å²) < 4.78 is 15.6. The zero-order valence-corrected chi connectivity index (χ0v) is 18.5. The molecule has 2 heterocycles. The number of rotatable bonds is 6. The molecule has 1 fully saturated rings. The molecule has 0 radical (unpaired) electrons. The summed E-state index contributed by atoms with van der Waals surface area (Å²) in [5, 5.41) is 14.1. The summed E-state index contributed by atoms with van der Waals surface area (Å²) in [6.07, 6.45) is 5.25. The summed E-state index contributed by atoms with van der Waals surface area (Å²) in [4.78, 5) is 17.5. The van der Waals surface area contributed by atoms with Gasteiger partial charge in [0.05, 0.1) is 17.6 Å². The quantitative estimate of drug-likeness (QED) is 0.337. The first-order chi connectivity index (χ1) is 16.6. The van der Waals surface area contributed by atoms with Gasteiger partial charge in [-0.2, -0.15) is 0 Å². The van der Waals surface area contributed by atoms with E-state index in [1.54, 1.807) is 12.1 Å². The van der Waals surface area contributed by atoms with Crippen LogP contribution in [0.1, 0.15) is 36.2 Å². The van der Waals surface area contributed by atoms with Crippen molar-refractivity contribution in [1.82, 2.24) is 14.6 Å². The zero-order valence-electron chi connectivity index (χ0n) is 18.5. The summed E-state index contributed by atoms with van der Waals surface area (Å²) in [5.41, 5.74) is 8.40. The van der Waals surface area contributed by atoms with E-state index in [0.29, 0.717) is 17.2 Å². The molecule has 0 atom stereocenters.